The van der Waals surface area contributed by atoms with Gasteiger partial charge in [0.2, 0.25) is 0 Å². The third-order valence-electron chi connectivity index (χ3n) is 4.98. The summed E-state index contributed by atoms with van der Waals surface area (Å²) >= 11 is 0. The van der Waals surface area contributed by atoms with Gasteiger partial charge in [-0.2, -0.15) is 5.10 Å². The minimum absolute atomic E-state index is 0.0725. The summed E-state index contributed by atoms with van der Waals surface area (Å²) in [6.07, 6.45) is 9.59. The van der Waals surface area contributed by atoms with Gasteiger partial charge in [-0.15, -0.1) is 0 Å². The Bertz CT molecular complexity index is 731. The number of methoxy groups -OCH3 is 1. The summed E-state index contributed by atoms with van der Waals surface area (Å²) in [6, 6.07) is 0.180. The van der Waals surface area contributed by atoms with Gasteiger partial charge in [0.15, 0.2) is 5.65 Å². The predicted molar refractivity (Wildman–Crippen MR) is 82.9 cm³/mol. The summed E-state index contributed by atoms with van der Waals surface area (Å²) in [4.78, 5) is 19.9. The maximum Gasteiger partial charge on any atom is 0.262 e. The van der Waals surface area contributed by atoms with Gasteiger partial charge in [0.25, 0.3) is 5.56 Å². The molecule has 0 aliphatic heterocycles. The number of H-pyrrole nitrogens is 1. The zero-order valence-electron chi connectivity index (χ0n) is 12.9. The lowest BCUT2D eigenvalue weighted by atomic mass is 9.92. The van der Waals surface area contributed by atoms with Gasteiger partial charge in [0, 0.05) is 13.5 Å². The molecule has 0 saturated heterocycles. The molecule has 2 saturated carbocycles. The van der Waals surface area contributed by atoms with E-state index in [1.165, 1.54) is 25.7 Å². The molecule has 2 aliphatic rings. The van der Waals surface area contributed by atoms with E-state index < -0.39 is 0 Å². The normalized spacial score (nSPS) is 25.7. The smallest absolute Gasteiger partial charge is 0.262 e. The second-order valence-electron chi connectivity index (χ2n) is 6.61. The number of nitrogens with one attached hydrogen (secondary N) is 1. The average molecular weight is 302 g/mol. The van der Waals surface area contributed by atoms with Crippen LogP contribution in [0.2, 0.25) is 0 Å². The van der Waals surface area contributed by atoms with Gasteiger partial charge in [-0.3, -0.25) is 4.79 Å². The Balaban J connectivity index is 1.76. The highest BCUT2D eigenvalue weighted by Gasteiger charge is 2.29. The molecule has 0 aromatic carbocycles. The van der Waals surface area contributed by atoms with Crippen LogP contribution in [0.5, 0.6) is 0 Å². The highest BCUT2D eigenvalue weighted by atomic mass is 16.5. The molecule has 2 aromatic rings. The Labute approximate surface area is 128 Å². The molecule has 2 unspecified atom stereocenters. The SMILES string of the molecule is COC1CCCCC1n1ncc2c(=O)[nH]c(CC3CC3)nc21. The lowest BCUT2D eigenvalue weighted by molar-refractivity contribution is 0.0260. The summed E-state index contributed by atoms with van der Waals surface area (Å²) < 4.78 is 7.56. The number of fused-ring (bicyclic) bond motifs is 1. The third-order valence-corrected chi connectivity index (χ3v) is 4.98. The summed E-state index contributed by atoms with van der Waals surface area (Å²) in [5, 5.41) is 5.05. The Morgan fingerprint density at radius 3 is 2.91 bits per heavy atom. The van der Waals surface area contributed by atoms with Crippen molar-refractivity contribution in [2.45, 2.75) is 57.1 Å². The fraction of sp³-hybridized carbons (Fsp3) is 0.688. The van der Waals surface area contributed by atoms with Crippen LogP contribution in [0.3, 0.4) is 0 Å². The second-order valence-corrected chi connectivity index (χ2v) is 6.61. The third kappa shape index (κ3) is 2.45. The van der Waals surface area contributed by atoms with Crippen molar-refractivity contribution in [1.29, 1.82) is 0 Å². The van der Waals surface area contributed by atoms with Crippen molar-refractivity contribution in [2.75, 3.05) is 7.11 Å². The average Bonchev–Trinajstić information content (AvgIpc) is 3.24. The zero-order chi connectivity index (χ0) is 15.1. The van der Waals surface area contributed by atoms with Gasteiger partial charge in [0.1, 0.15) is 11.2 Å². The molecular formula is C16H22N4O2. The van der Waals surface area contributed by atoms with Crippen LogP contribution < -0.4 is 5.56 Å². The molecule has 0 bridgehead atoms. The van der Waals surface area contributed by atoms with Gasteiger partial charge in [-0.1, -0.05) is 12.8 Å². The van der Waals surface area contributed by atoms with Crippen LogP contribution in [-0.4, -0.2) is 33.0 Å². The standard InChI is InChI=1S/C16H22N4O2/c1-22-13-5-3-2-4-12(13)20-15-11(9-17-20)16(21)19-14(18-15)8-10-6-7-10/h9-10,12-13H,2-8H2,1H3,(H,18,19,21). The highest BCUT2D eigenvalue weighted by molar-refractivity contribution is 5.73. The van der Waals surface area contributed by atoms with Gasteiger partial charge in [0.05, 0.1) is 18.3 Å². The molecular weight excluding hydrogens is 280 g/mol. The van der Waals surface area contributed by atoms with E-state index in [1.807, 2.05) is 4.68 Å². The number of ether oxygens (including phenoxy) is 1. The van der Waals surface area contributed by atoms with Crippen molar-refractivity contribution in [3.8, 4) is 0 Å². The maximum absolute atomic E-state index is 12.3. The molecule has 0 radical (unpaired) electrons. The van der Waals surface area contributed by atoms with E-state index in [9.17, 15) is 4.79 Å². The van der Waals surface area contributed by atoms with Crippen molar-refractivity contribution in [3.63, 3.8) is 0 Å². The summed E-state index contributed by atoms with van der Waals surface area (Å²) in [5.74, 6) is 1.49. The van der Waals surface area contributed by atoms with E-state index in [-0.39, 0.29) is 17.7 Å². The minimum atomic E-state index is -0.0725. The number of aromatic amines is 1. The number of hydrogen-bond donors (Lipinski definition) is 1. The molecule has 2 fully saturated rings. The first-order valence-corrected chi connectivity index (χ1v) is 8.25. The van der Waals surface area contributed by atoms with Gasteiger partial charge in [-0.05, 0) is 31.6 Å². The second kappa shape index (κ2) is 5.50. The Kier molecular flexibility index (Phi) is 3.48. The van der Waals surface area contributed by atoms with Crippen molar-refractivity contribution >= 4 is 11.0 Å². The number of nitrogens with zero attached hydrogens (tertiary/aromatic N) is 3. The zero-order valence-corrected chi connectivity index (χ0v) is 12.9. The molecule has 1 N–H and O–H groups in total. The molecule has 0 spiro atoms. The van der Waals surface area contributed by atoms with Gasteiger partial charge in [-0.25, -0.2) is 9.67 Å². The van der Waals surface area contributed by atoms with Crippen LogP contribution in [0.1, 0.15) is 50.4 Å². The van der Waals surface area contributed by atoms with Crippen molar-refractivity contribution in [1.82, 2.24) is 19.7 Å². The minimum Gasteiger partial charge on any atom is -0.379 e. The number of rotatable bonds is 4. The lowest BCUT2D eigenvalue weighted by Gasteiger charge is -2.30. The van der Waals surface area contributed by atoms with Crippen LogP contribution in [0.15, 0.2) is 11.0 Å². The van der Waals surface area contributed by atoms with E-state index in [2.05, 4.69) is 10.1 Å². The van der Waals surface area contributed by atoms with E-state index in [4.69, 9.17) is 9.72 Å². The van der Waals surface area contributed by atoms with E-state index in [0.717, 1.165) is 25.1 Å². The van der Waals surface area contributed by atoms with Crippen molar-refractivity contribution in [2.24, 2.45) is 5.92 Å². The number of aromatic nitrogens is 4. The van der Waals surface area contributed by atoms with Crippen LogP contribution in [0, 0.1) is 5.92 Å². The molecule has 118 valence electrons. The molecule has 6 nitrogen and oxygen atoms in total. The molecule has 22 heavy (non-hydrogen) atoms. The summed E-state index contributed by atoms with van der Waals surface area (Å²) in [6.45, 7) is 0. The number of hydrogen-bond acceptors (Lipinski definition) is 4. The molecule has 0 amide bonds. The lowest BCUT2D eigenvalue weighted by Crippen LogP contribution is -2.30. The van der Waals surface area contributed by atoms with Crippen molar-refractivity contribution in [3.05, 3.63) is 22.4 Å². The summed E-state index contributed by atoms with van der Waals surface area (Å²) in [5.41, 5.74) is 0.644. The Morgan fingerprint density at radius 1 is 1.32 bits per heavy atom. The van der Waals surface area contributed by atoms with E-state index in [0.29, 0.717) is 17.0 Å². The Morgan fingerprint density at radius 2 is 2.14 bits per heavy atom. The fourth-order valence-corrected chi connectivity index (χ4v) is 3.55. The van der Waals surface area contributed by atoms with Crippen LogP contribution in [0.4, 0.5) is 0 Å². The van der Waals surface area contributed by atoms with E-state index in [1.54, 1.807) is 13.3 Å². The maximum atomic E-state index is 12.3. The first kappa shape index (κ1) is 13.9. The monoisotopic (exact) mass is 302 g/mol. The summed E-state index contributed by atoms with van der Waals surface area (Å²) in [7, 11) is 1.76. The molecule has 2 heterocycles. The highest BCUT2D eigenvalue weighted by Crippen LogP contribution is 2.33. The molecule has 4 rings (SSSR count). The predicted octanol–water partition coefficient (Wildman–Crippen LogP) is 2.20. The fourth-order valence-electron chi connectivity index (χ4n) is 3.55. The molecule has 6 heteroatoms. The van der Waals surface area contributed by atoms with Gasteiger partial charge < -0.3 is 9.72 Å². The molecule has 2 aliphatic carbocycles. The first-order chi connectivity index (χ1) is 10.8. The molecule has 2 aromatic heterocycles. The van der Waals surface area contributed by atoms with Crippen LogP contribution >= 0.6 is 0 Å². The van der Waals surface area contributed by atoms with Crippen LogP contribution in [0.25, 0.3) is 11.0 Å². The quantitative estimate of drug-likeness (QED) is 0.939. The largest absolute Gasteiger partial charge is 0.379 e. The molecule has 2 atom stereocenters. The van der Waals surface area contributed by atoms with Crippen LogP contribution in [-0.2, 0) is 11.2 Å². The topological polar surface area (TPSA) is 72.8 Å². The first-order valence-electron chi connectivity index (χ1n) is 8.25. The van der Waals surface area contributed by atoms with Gasteiger partial charge >= 0.3 is 0 Å². The van der Waals surface area contributed by atoms with E-state index >= 15 is 0 Å². The van der Waals surface area contributed by atoms with Crippen molar-refractivity contribution < 1.29 is 4.74 Å². The Hall–Kier alpha value is -1.69.